The fraction of sp³-hybridized carbons (Fsp3) is 0.538. The Hall–Kier alpha value is -0.750. The molecular formula is C13H21O6P. The van der Waals surface area contributed by atoms with Crippen LogP contribution in [0.2, 0.25) is 0 Å². The SMILES string of the molecule is CCCCOCC(OCOP(=O)(O)O)c1ccccc1. The summed E-state index contributed by atoms with van der Waals surface area (Å²) in [6.45, 7) is 2.53. The largest absolute Gasteiger partial charge is 0.471 e. The van der Waals surface area contributed by atoms with Gasteiger partial charge in [0.1, 0.15) is 6.10 Å². The number of ether oxygens (including phenoxy) is 2. The monoisotopic (exact) mass is 304 g/mol. The third-order valence-corrected chi connectivity index (χ3v) is 3.01. The van der Waals surface area contributed by atoms with Crippen molar-refractivity contribution in [3.8, 4) is 0 Å². The van der Waals surface area contributed by atoms with Crippen molar-refractivity contribution in [3.63, 3.8) is 0 Å². The molecule has 0 aromatic heterocycles. The van der Waals surface area contributed by atoms with Gasteiger partial charge in [-0.15, -0.1) is 0 Å². The Morgan fingerprint density at radius 2 is 1.95 bits per heavy atom. The van der Waals surface area contributed by atoms with Gasteiger partial charge in [0.05, 0.1) is 6.61 Å². The van der Waals surface area contributed by atoms with Gasteiger partial charge in [-0.25, -0.2) is 4.57 Å². The Kier molecular flexibility index (Phi) is 7.99. The number of hydrogen-bond acceptors (Lipinski definition) is 4. The lowest BCUT2D eigenvalue weighted by molar-refractivity contribution is -0.0804. The highest BCUT2D eigenvalue weighted by atomic mass is 31.2. The molecule has 0 aliphatic heterocycles. The zero-order chi connectivity index (χ0) is 14.8. The Balaban J connectivity index is 2.49. The van der Waals surface area contributed by atoms with Crippen molar-refractivity contribution in [2.45, 2.75) is 25.9 Å². The third kappa shape index (κ3) is 7.75. The zero-order valence-electron chi connectivity index (χ0n) is 11.5. The summed E-state index contributed by atoms with van der Waals surface area (Å²) >= 11 is 0. The number of unbranched alkanes of at least 4 members (excludes halogenated alkanes) is 1. The number of benzene rings is 1. The lowest BCUT2D eigenvalue weighted by Crippen LogP contribution is -2.14. The molecule has 0 radical (unpaired) electrons. The topological polar surface area (TPSA) is 85.2 Å². The zero-order valence-corrected chi connectivity index (χ0v) is 12.4. The van der Waals surface area contributed by atoms with Crippen molar-refractivity contribution in [2.24, 2.45) is 0 Å². The number of hydrogen-bond donors (Lipinski definition) is 2. The van der Waals surface area contributed by atoms with E-state index >= 15 is 0 Å². The summed E-state index contributed by atoms with van der Waals surface area (Å²) in [7, 11) is -4.52. The molecule has 7 heteroatoms. The molecule has 6 nitrogen and oxygen atoms in total. The van der Waals surface area contributed by atoms with E-state index in [0.717, 1.165) is 18.4 Å². The van der Waals surface area contributed by atoms with E-state index in [1.807, 2.05) is 30.3 Å². The molecule has 114 valence electrons. The van der Waals surface area contributed by atoms with Crippen LogP contribution in [0.5, 0.6) is 0 Å². The van der Waals surface area contributed by atoms with Crippen LogP contribution >= 0.6 is 7.82 Å². The van der Waals surface area contributed by atoms with Crippen LogP contribution in [0.3, 0.4) is 0 Å². The predicted octanol–water partition coefficient (Wildman–Crippen LogP) is 2.63. The number of phosphoric acid groups is 1. The minimum absolute atomic E-state index is 0.314. The van der Waals surface area contributed by atoms with Crippen molar-refractivity contribution in [1.82, 2.24) is 0 Å². The highest BCUT2D eigenvalue weighted by Gasteiger charge is 2.17. The maximum absolute atomic E-state index is 10.6. The lowest BCUT2D eigenvalue weighted by Gasteiger charge is -2.18. The van der Waals surface area contributed by atoms with Crippen LogP contribution in [0, 0.1) is 0 Å². The van der Waals surface area contributed by atoms with Gasteiger partial charge in [0.25, 0.3) is 0 Å². The van der Waals surface area contributed by atoms with Gasteiger partial charge in [-0.05, 0) is 12.0 Å². The van der Waals surface area contributed by atoms with Gasteiger partial charge in [0.2, 0.25) is 0 Å². The van der Waals surface area contributed by atoms with Crippen LogP contribution in [-0.4, -0.2) is 29.8 Å². The van der Waals surface area contributed by atoms with Gasteiger partial charge in [0.15, 0.2) is 6.79 Å². The molecule has 0 amide bonds. The average molecular weight is 304 g/mol. The summed E-state index contributed by atoms with van der Waals surface area (Å²) in [4.78, 5) is 17.2. The second-order valence-electron chi connectivity index (χ2n) is 4.23. The fourth-order valence-electron chi connectivity index (χ4n) is 1.53. The first-order chi connectivity index (χ1) is 9.53. The molecule has 0 saturated heterocycles. The molecule has 0 fully saturated rings. The minimum Gasteiger partial charge on any atom is -0.378 e. The number of phosphoric ester groups is 1. The molecule has 0 aliphatic rings. The molecule has 0 saturated carbocycles. The summed E-state index contributed by atoms with van der Waals surface area (Å²) in [5.41, 5.74) is 0.873. The van der Waals surface area contributed by atoms with E-state index in [-0.39, 0.29) is 0 Å². The van der Waals surface area contributed by atoms with Crippen molar-refractivity contribution in [1.29, 1.82) is 0 Å². The van der Waals surface area contributed by atoms with E-state index in [1.165, 1.54) is 0 Å². The molecule has 0 aliphatic carbocycles. The molecule has 1 rings (SSSR count). The van der Waals surface area contributed by atoms with E-state index in [0.29, 0.717) is 13.2 Å². The smallest absolute Gasteiger partial charge is 0.378 e. The molecule has 1 unspecified atom stereocenters. The minimum atomic E-state index is -4.52. The van der Waals surface area contributed by atoms with Crippen molar-refractivity contribution < 1.29 is 28.3 Å². The Labute approximate surface area is 118 Å². The van der Waals surface area contributed by atoms with E-state index in [2.05, 4.69) is 11.4 Å². The molecule has 2 N–H and O–H groups in total. The second kappa shape index (κ2) is 9.23. The molecular weight excluding hydrogens is 283 g/mol. The molecule has 1 atom stereocenters. The summed E-state index contributed by atoms with van der Waals surface area (Å²) in [5.74, 6) is 0. The average Bonchev–Trinajstić information content (AvgIpc) is 2.41. The molecule has 1 aromatic carbocycles. The highest BCUT2D eigenvalue weighted by Crippen LogP contribution is 2.36. The fourth-order valence-corrected chi connectivity index (χ4v) is 1.72. The van der Waals surface area contributed by atoms with E-state index in [4.69, 9.17) is 19.3 Å². The highest BCUT2D eigenvalue weighted by molar-refractivity contribution is 7.46. The van der Waals surface area contributed by atoms with E-state index in [9.17, 15) is 4.57 Å². The van der Waals surface area contributed by atoms with Crippen molar-refractivity contribution >= 4 is 7.82 Å². The van der Waals surface area contributed by atoms with Gasteiger partial charge < -0.3 is 19.3 Å². The van der Waals surface area contributed by atoms with E-state index < -0.39 is 20.7 Å². The molecule has 1 aromatic rings. The Morgan fingerprint density at radius 1 is 1.25 bits per heavy atom. The van der Waals surface area contributed by atoms with Crippen LogP contribution in [0.25, 0.3) is 0 Å². The third-order valence-electron chi connectivity index (χ3n) is 2.57. The van der Waals surface area contributed by atoms with Gasteiger partial charge >= 0.3 is 7.82 Å². The molecule has 20 heavy (non-hydrogen) atoms. The van der Waals surface area contributed by atoms with Gasteiger partial charge in [-0.2, -0.15) is 0 Å². The number of rotatable bonds is 10. The van der Waals surface area contributed by atoms with Crippen LogP contribution in [0.15, 0.2) is 30.3 Å². The predicted molar refractivity (Wildman–Crippen MR) is 74.0 cm³/mol. The van der Waals surface area contributed by atoms with Crippen LogP contribution in [0.4, 0.5) is 0 Å². The summed E-state index contributed by atoms with van der Waals surface area (Å²) in [6.07, 6.45) is 1.58. The quantitative estimate of drug-likeness (QED) is 0.393. The van der Waals surface area contributed by atoms with Gasteiger partial charge in [-0.1, -0.05) is 43.7 Å². The standard InChI is InChI=1S/C13H21O6P/c1-2-3-9-17-10-13(12-7-5-4-6-8-12)18-11-19-20(14,15)16/h4-8,13H,2-3,9-11H2,1H3,(H2,14,15,16). The van der Waals surface area contributed by atoms with Crippen molar-refractivity contribution in [2.75, 3.05) is 20.0 Å². The maximum Gasteiger partial charge on any atom is 0.471 e. The van der Waals surface area contributed by atoms with Gasteiger partial charge in [-0.3, -0.25) is 4.52 Å². The lowest BCUT2D eigenvalue weighted by atomic mass is 10.1. The van der Waals surface area contributed by atoms with Crippen LogP contribution < -0.4 is 0 Å². The van der Waals surface area contributed by atoms with Crippen molar-refractivity contribution in [3.05, 3.63) is 35.9 Å². The first-order valence-electron chi connectivity index (χ1n) is 6.47. The van der Waals surface area contributed by atoms with Crippen LogP contribution in [0.1, 0.15) is 31.4 Å². The maximum atomic E-state index is 10.6. The summed E-state index contributed by atoms with van der Waals surface area (Å²) in [6, 6.07) is 9.34. The first kappa shape index (κ1) is 17.3. The first-order valence-corrected chi connectivity index (χ1v) is 8.00. The second-order valence-corrected chi connectivity index (χ2v) is 5.47. The van der Waals surface area contributed by atoms with Crippen LogP contribution in [-0.2, 0) is 18.6 Å². The molecule has 0 spiro atoms. The Bertz CT molecular complexity index is 405. The molecule has 0 bridgehead atoms. The summed E-state index contributed by atoms with van der Waals surface area (Å²) < 4.78 is 25.8. The Morgan fingerprint density at radius 3 is 2.55 bits per heavy atom. The van der Waals surface area contributed by atoms with E-state index in [1.54, 1.807) is 0 Å². The normalized spacial score (nSPS) is 13.3. The summed E-state index contributed by atoms with van der Waals surface area (Å²) in [5, 5.41) is 0. The van der Waals surface area contributed by atoms with Gasteiger partial charge in [0, 0.05) is 6.61 Å². The molecule has 0 heterocycles.